The maximum absolute atomic E-state index is 13.3. The van der Waals surface area contributed by atoms with E-state index in [-0.39, 0.29) is 17.8 Å². The lowest BCUT2D eigenvalue weighted by Gasteiger charge is -2.58. The van der Waals surface area contributed by atoms with Gasteiger partial charge in [-0.3, -0.25) is 9.83 Å². The standard InChI is InChI=1S/C14H20F2O5S/c1-13-4-8-2-9(5-13)11(10(3-8)6-13)12(17)19-7-14(15,16)22-21-20-18/h8-11,18H,2-7H2,1H3/p-1. The lowest BCUT2D eigenvalue weighted by molar-refractivity contribution is -0.777. The van der Waals surface area contributed by atoms with Gasteiger partial charge in [-0.1, -0.05) is 6.92 Å². The third-order valence-corrected chi connectivity index (χ3v) is 5.90. The van der Waals surface area contributed by atoms with Crippen molar-refractivity contribution in [3.63, 3.8) is 0 Å². The highest BCUT2D eigenvalue weighted by atomic mass is 32.2. The molecule has 4 aliphatic rings. The fourth-order valence-electron chi connectivity index (χ4n) is 5.15. The van der Waals surface area contributed by atoms with Gasteiger partial charge >= 0.3 is 11.2 Å². The Morgan fingerprint density at radius 1 is 1.32 bits per heavy atom. The van der Waals surface area contributed by atoms with Gasteiger partial charge in [0.05, 0.1) is 5.92 Å². The molecule has 2 unspecified atom stereocenters. The topological polar surface area (TPSA) is 67.8 Å². The molecule has 4 bridgehead atoms. The largest absolute Gasteiger partial charge is 0.691 e. The minimum absolute atomic E-state index is 0.256. The van der Waals surface area contributed by atoms with Crippen LogP contribution in [0.2, 0.25) is 0 Å². The number of hydrogen-bond acceptors (Lipinski definition) is 6. The maximum atomic E-state index is 13.3. The van der Waals surface area contributed by atoms with Gasteiger partial charge < -0.3 is 9.99 Å². The molecule has 5 nitrogen and oxygen atoms in total. The van der Waals surface area contributed by atoms with Crippen molar-refractivity contribution < 1.29 is 32.9 Å². The number of halogens is 2. The maximum Gasteiger partial charge on any atom is 0.354 e. The zero-order valence-corrected chi connectivity index (χ0v) is 13.1. The number of carbonyl (C=O) groups is 1. The quantitative estimate of drug-likeness (QED) is 0.321. The van der Waals surface area contributed by atoms with Gasteiger partial charge in [-0.25, -0.2) is 0 Å². The second kappa shape index (κ2) is 5.89. The number of hydrogen-bond donors (Lipinski definition) is 0. The molecule has 2 atom stereocenters. The van der Waals surface area contributed by atoms with Gasteiger partial charge in [0.1, 0.15) is 12.0 Å². The average Bonchev–Trinajstić information content (AvgIpc) is 2.41. The molecule has 126 valence electrons. The molecule has 22 heavy (non-hydrogen) atoms. The SMILES string of the molecule is CC12CC3CC(C1)C(C(=O)OCC(F)(F)SOO[O-])C(C3)C2. The van der Waals surface area contributed by atoms with Crippen molar-refractivity contribution in [2.75, 3.05) is 6.61 Å². The van der Waals surface area contributed by atoms with Crippen LogP contribution < -0.4 is 5.26 Å². The summed E-state index contributed by atoms with van der Waals surface area (Å²) in [5.74, 6) is 0.381. The predicted molar refractivity (Wildman–Crippen MR) is 70.8 cm³/mol. The van der Waals surface area contributed by atoms with Crippen molar-refractivity contribution in [1.29, 1.82) is 0 Å². The molecule has 0 saturated heterocycles. The molecule has 0 amide bonds. The Balaban J connectivity index is 1.57. The molecule has 4 saturated carbocycles. The molecule has 0 aliphatic heterocycles. The summed E-state index contributed by atoms with van der Waals surface area (Å²) < 4.78 is 35.0. The van der Waals surface area contributed by atoms with Crippen LogP contribution in [0, 0.1) is 29.1 Å². The number of esters is 1. The van der Waals surface area contributed by atoms with Crippen LogP contribution in [-0.2, 0) is 18.9 Å². The van der Waals surface area contributed by atoms with Crippen LogP contribution in [0.25, 0.3) is 0 Å². The molecule has 0 aromatic rings. The highest BCUT2D eigenvalue weighted by Gasteiger charge is 2.56. The number of alkyl halides is 2. The Morgan fingerprint density at radius 2 is 1.95 bits per heavy atom. The lowest BCUT2D eigenvalue weighted by atomic mass is 9.47. The average molecular weight is 337 g/mol. The van der Waals surface area contributed by atoms with E-state index in [0.717, 1.165) is 25.7 Å². The molecule has 0 radical (unpaired) electrons. The van der Waals surface area contributed by atoms with E-state index in [1.165, 1.54) is 6.42 Å². The summed E-state index contributed by atoms with van der Waals surface area (Å²) in [6, 6.07) is 0. The summed E-state index contributed by atoms with van der Waals surface area (Å²) >= 11 is -0.450. The van der Waals surface area contributed by atoms with Crippen molar-refractivity contribution in [3.05, 3.63) is 0 Å². The van der Waals surface area contributed by atoms with Gasteiger partial charge in [0.25, 0.3) is 0 Å². The van der Waals surface area contributed by atoms with Crippen LogP contribution >= 0.6 is 12.0 Å². The van der Waals surface area contributed by atoms with E-state index in [2.05, 4.69) is 16.3 Å². The van der Waals surface area contributed by atoms with Crippen LogP contribution in [0.15, 0.2) is 0 Å². The van der Waals surface area contributed by atoms with E-state index in [1.807, 2.05) is 0 Å². The van der Waals surface area contributed by atoms with E-state index < -0.39 is 29.9 Å². The summed E-state index contributed by atoms with van der Waals surface area (Å²) in [7, 11) is 0. The minimum atomic E-state index is -3.50. The molecule has 0 heterocycles. The lowest BCUT2D eigenvalue weighted by Crippen LogP contribution is -2.52. The smallest absolute Gasteiger partial charge is 0.354 e. The Bertz CT molecular complexity index is 431. The molecule has 0 aromatic carbocycles. The van der Waals surface area contributed by atoms with Crippen LogP contribution in [0.5, 0.6) is 0 Å². The first kappa shape index (κ1) is 16.4. The highest BCUT2D eigenvalue weighted by Crippen LogP contribution is 2.62. The molecule has 4 rings (SSSR count). The summed E-state index contributed by atoms with van der Waals surface area (Å²) in [5.41, 5.74) is 0.312. The summed E-state index contributed by atoms with van der Waals surface area (Å²) in [6.45, 7) is 1.15. The highest BCUT2D eigenvalue weighted by molar-refractivity contribution is 7.95. The fourth-order valence-corrected chi connectivity index (χ4v) is 5.39. The van der Waals surface area contributed by atoms with Gasteiger partial charge in [-0.05, 0) is 55.3 Å². The zero-order valence-electron chi connectivity index (χ0n) is 12.3. The van der Waals surface area contributed by atoms with Crippen LogP contribution in [0.3, 0.4) is 0 Å². The first-order valence-electron chi connectivity index (χ1n) is 7.51. The number of rotatable bonds is 6. The summed E-state index contributed by atoms with van der Waals surface area (Å²) in [6.07, 6.45) is 5.20. The van der Waals surface area contributed by atoms with E-state index in [9.17, 15) is 18.8 Å². The first-order chi connectivity index (χ1) is 10.3. The predicted octanol–water partition coefficient (Wildman–Crippen LogP) is 2.46. The molecule has 0 spiro atoms. The summed E-state index contributed by atoms with van der Waals surface area (Å²) in [5, 5.41) is 8.95. The van der Waals surface area contributed by atoms with Gasteiger partial charge in [0.15, 0.2) is 6.61 Å². The third-order valence-electron chi connectivity index (χ3n) is 5.42. The Kier molecular flexibility index (Phi) is 4.39. The van der Waals surface area contributed by atoms with E-state index >= 15 is 0 Å². The molecule has 4 aliphatic carbocycles. The van der Waals surface area contributed by atoms with Crippen LogP contribution in [-0.4, -0.2) is 17.8 Å². The Hall–Kier alpha value is -0.440. The molecular formula is C14H19F2O5S-. The van der Waals surface area contributed by atoms with Crippen molar-refractivity contribution >= 4 is 18.0 Å². The van der Waals surface area contributed by atoms with Crippen LogP contribution in [0.4, 0.5) is 8.78 Å². The third kappa shape index (κ3) is 3.25. The zero-order chi connectivity index (χ0) is 16.0. The van der Waals surface area contributed by atoms with Gasteiger partial charge in [0.2, 0.25) is 0 Å². The molecular weight excluding hydrogens is 318 g/mol. The monoisotopic (exact) mass is 337 g/mol. The molecule has 0 N–H and O–H groups in total. The molecule has 8 heteroatoms. The van der Waals surface area contributed by atoms with Gasteiger partial charge in [-0.15, -0.1) is 0 Å². The van der Waals surface area contributed by atoms with E-state index in [4.69, 9.17) is 4.74 Å². The van der Waals surface area contributed by atoms with Crippen molar-refractivity contribution in [2.45, 2.75) is 44.3 Å². The number of ether oxygens (including phenoxy) is 1. The second-order valence-electron chi connectivity index (χ2n) is 7.27. The van der Waals surface area contributed by atoms with Crippen molar-refractivity contribution in [3.8, 4) is 0 Å². The fraction of sp³-hybridized carbons (Fsp3) is 0.929. The van der Waals surface area contributed by atoms with Crippen molar-refractivity contribution in [1.82, 2.24) is 0 Å². The van der Waals surface area contributed by atoms with Crippen LogP contribution in [0.1, 0.15) is 39.0 Å². The second-order valence-corrected chi connectivity index (χ2v) is 8.17. The molecule has 0 aromatic heterocycles. The Morgan fingerprint density at radius 3 is 2.50 bits per heavy atom. The van der Waals surface area contributed by atoms with E-state index in [0.29, 0.717) is 11.3 Å². The Labute approximate surface area is 131 Å². The number of carbonyl (C=O) groups excluding carboxylic acids is 1. The minimum Gasteiger partial charge on any atom is -0.691 e. The summed E-state index contributed by atoms with van der Waals surface area (Å²) in [4.78, 5) is 12.3. The first-order valence-corrected chi connectivity index (χ1v) is 8.25. The normalized spacial score (nSPS) is 40.0. The molecule has 4 fully saturated rings. The van der Waals surface area contributed by atoms with Gasteiger partial charge in [0, 0.05) is 0 Å². The van der Waals surface area contributed by atoms with Crippen molar-refractivity contribution in [2.24, 2.45) is 29.1 Å². The van der Waals surface area contributed by atoms with Gasteiger partial charge in [-0.2, -0.15) is 13.1 Å². The van der Waals surface area contributed by atoms with E-state index in [1.54, 1.807) is 0 Å².